The van der Waals surface area contributed by atoms with Crippen molar-refractivity contribution in [1.29, 1.82) is 0 Å². The van der Waals surface area contributed by atoms with Crippen LogP contribution >= 0.6 is 0 Å². The Bertz CT molecular complexity index is 654. The normalized spacial score (nSPS) is 10.0. The van der Waals surface area contributed by atoms with Crippen LogP contribution in [-0.2, 0) is 4.79 Å². The van der Waals surface area contributed by atoms with E-state index in [9.17, 15) is 9.59 Å². The summed E-state index contributed by atoms with van der Waals surface area (Å²) in [7, 11) is 1.57. The summed E-state index contributed by atoms with van der Waals surface area (Å²) in [4.78, 5) is 23.6. The Labute approximate surface area is 123 Å². The van der Waals surface area contributed by atoms with E-state index in [0.717, 1.165) is 5.56 Å². The van der Waals surface area contributed by atoms with Crippen molar-refractivity contribution >= 4 is 17.5 Å². The molecule has 0 fully saturated rings. The smallest absolute Gasteiger partial charge is 0.251 e. The van der Waals surface area contributed by atoms with E-state index < -0.39 is 0 Å². The number of hydrogen-bond donors (Lipinski definition) is 3. The van der Waals surface area contributed by atoms with Gasteiger partial charge in [-0.2, -0.15) is 0 Å². The van der Waals surface area contributed by atoms with E-state index in [-0.39, 0.29) is 18.4 Å². The quantitative estimate of drug-likeness (QED) is 0.797. The van der Waals surface area contributed by atoms with Crippen molar-refractivity contribution in [2.45, 2.75) is 0 Å². The Morgan fingerprint density at radius 3 is 2.38 bits per heavy atom. The molecular weight excluding hydrogens is 266 g/mol. The molecule has 2 aromatic carbocycles. The minimum Gasteiger partial charge on any atom is -0.355 e. The highest BCUT2D eigenvalue weighted by Gasteiger charge is 2.16. The Morgan fingerprint density at radius 1 is 1.05 bits per heavy atom. The van der Waals surface area contributed by atoms with E-state index in [4.69, 9.17) is 5.73 Å². The molecule has 0 saturated heterocycles. The van der Waals surface area contributed by atoms with Crippen LogP contribution in [-0.4, -0.2) is 25.4 Å². The number of amides is 2. The van der Waals surface area contributed by atoms with Gasteiger partial charge in [0.15, 0.2) is 0 Å². The summed E-state index contributed by atoms with van der Waals surface area (Å²) in [6.07, 6.45) is 0. The summed E-state index contributed by atoms with van der Waals surface area (Å²) >= 11 is 0. The van der Waals surface area contributed by atoms with Crippen molar-refractivity contribution in [3.63, 3.8) is 0 Å². The lowest BCUT2D eigenvalue weighted by Crippen LogP contribution is -2.23. The fourth-order valence-corrected chi connectivity index (χ4v) is 2.10. The van der Waals surface area contributed by atoms with Gasteiger partial charge in [0.1, 0.15) is 0 Å². The monoisotopic (exact) mass is 283 g/mol. The average molecular weight is 283 g/mol. The highest BCUT2D eigenvalue weighted by molar-refractivity contribution is 6.06. The number of anilines is 1. The molecule has 108 valence electrons. The third kappa shape index (κ3) is 3.27. The number of nitrogens with two attached hydrogens (primary N) is 1. The highest BCUT2D eigenvalue weighted by atomic mass is 16.2. The Balaban J connectivity index is 2.60. The molecule has 0 aliphatic rings. The first-order valence-corrected chi connectivity index (χ1v) is 6.57. The maximum Gasteiger partial charge on any atom is 0.251 e. The van der Waals surface area contributed by atoms with Gasteiger partial charge >= 0.3 is 0 Å². The van der Waals surface area contributed by atoms with Gasteiger partial charge in [-0.1, -0.05) is 36.4 Å². The summed E-state index contributed by atoms with van der Waals surface area (Å²) in [6.45, 7) is -0.113. The first-order valence-electron chi connectivity index (χ1n) is 6.57. The van der Waals surface area contributed by atoms with Gasteiger partial charge in [0.25, 0.3) is 5.91 Å². The molecule has 0 aliphatic carbocycles. The lowest BCUT2D eigenvalue weighted by Gasteiger charge is -2.15. The topological polar surface area (TPSA) is 84.2 Å². The lowest BCUT2D eigenvalue weighted by atomic mass is 9.97. The first-order chi connectivity index (χ1) is 10.2. The van der Waals surface area contributed by atoms with E-state index in [0.29, 0.717) is 16.8 Å². The van der Waals surface area contributed by atoms with Gasteiger partial charge in [0, 0.05) is 23.9 Å². The third-order valence-electron chi connectivity index (χ3n) is 3.06. The number of carbonyl (C=O) groups excluding carboxylic acids is 2. The molecular formula is C16H17N3O2. The van der Waals surface area contributed by atoms with Crippen LogP contribution in [0.4, 0.5) is 5.69 Å². The molecule has 0 spiro atoms. The molecule has 2 amide bonds. The molecule has 21 heavy (non-hydrogen) atoms. The van der Waals surface area contributed by atoms with Crippen molar-refractivity contribution in [2.24, 2.45) is 5.73 Å². The van der Waals surface area contributed by atoms with E-state index >= 15 is 0 Å². The molecule has 2 rings (SSSR count). The zero-order chi connectivity index (χ0) is 15.2. The molecule has 0 atom stereocenters. The Morgan fingerprint density at radius 2 is 1.76 bits per heavy atom. The second kappa shape index (κ2) is 6.67. The summed E-state index contributed by atoms with van der Waals surface area (Å²) < 4.78 is 0. The molecule has 0 saturated carbocycles. The maximum absolute atomic E-state index is 12.1. The summed E-state index contributed by atoms with van der Waals surface area (Å²) in [5.74, 6) is -0.515. The third-order valence-corrected chi connectivity index (χ3v) is 3.06. The van der Waals surface area contributed by atoms with Crippen molar-refractivity contribution in [3.8, 4) is 11.1 Å². The van der Waals surface area contributed by atoms with Crippen LogP contribution in [0.2, 0.25) is 0 Å². The number of nitrogens with one attached hydrogen (secondary N) is 2. The fourth-order valence-electron chi connectivity index (χ4n) is 2.10. The van der Waals surface area contributed by atoms with Crippen molar-refractivity contribution in [2.75, 3.05) is 18.9 Å². The molecule has 0 radical (unpaired) electrons. The highest BCUT2D eigenvalue weighted by Crippen LogP contribution is 2.31. The van der Waals surface area contributed by atoms with Crippen LogP contribution in [0, 0.1) is 0 Å². The van der Waals surface area contributed by atoms with Gasteiger partial charge in [-0.3, -0.25) is 9.59 Å². The van der Waals surface area contributed by atoms with Crippen molar-refractivity contribution in [3.05, 3.63) is 54.1 Å². The lowest BCUT2D eigenvalue weighted by molar-refractivity contribution is -0.114. The zero-order valence-electron chi connectivity index (χ0n) is 11.7. The van der Waals surface area contributed by atoms with Crippen LogP contribution < -0.4 is 16.4 Å². The molecule has 0 unspecified atom stereocenters. The van der Waals surface area contributed by atoms with Gasteiger partial charge < -0.3 is 16.4 Å². The minimum atomic E-state index is -0.304. The SMILES string of the molecule is CNC(=O)c1cccc(NC(=O)CN)c1-c1ccccc1. The van der Waals surface area contributed by atoms with E-state index in [1.165, 1.54) is 0 Å². The van der Waals surface area contributed by atoms with Crippen LogP contribution in [0.25, 0.3) is 11.1 Å². The number of carbonyl (C=O) groups is 2. The van der Waals surface area contributed by atoms with Crippen molar-refractivity contribution < 1.29 is 9.59 Å². The molecule has 5 heteroatoms. The second-order valence-corrected chi connectivity index (χ2v) is 4.43. The molecule has 0 aromatic heterocycles. The van der Waals surface area contributed by atoms with Gasteiger partial charge in [-0.05, 0) is 17.7 Å². The summed E-state index contributed by atoms with van der Waals surface area (Å²) in [6, 6.07) is 14.6. The van der Waals surface area contributed by atoms with E-state index in [1.807, 2.05) is 30.3 Å². The second-order valence-electron chi connectivity index (χ2n) is 4.43. The predicted molar refractivity (Wildman–Crippen MR) is 83.0 cm³/mol. The Kier molecular flexibility index (Phi) is 4.68. The molecule has 5 nitrogen and oxygen atoms in total. The predicted octanol–water partition coefficient (Wildman–Crippen LogP) is 1.61. The van der Waals surface area contributed by atoms with E-state index in [2.05, 4.69) is 10.6 Å². The number of benzene rings is 2. The van der Waals surface area contributed by atoms with Gasteiger partial charge in [-0.25, -0.2) is 0 Å². The number of rotatable bonds is 4. The van der Waals surface area contributed by atoms with Crippen LogP contribution in [0.1, 0.15) is 10.4 Å². The molecule has 0 aliphatic heterocycles. The standard InChI is InChI=1S/C16H17N3O2/c1-18-16(21)12-8-5-9-13(19-14(20)10-17)15(12)11-6-3-2-4-7-11/h2-9H,10,17H2,1H3,(H,18,21)(H,19,20). The minimum absolute atomic E-state index is 0.113. The van der Waals surface area contributed by atoms with Gasteiger partial charge in [0.2, 0.25) is 5.91 Å². The van der Waals surface area contributed by atoms with Gasteiger partial charge in [-0.15, -0.1) is 0 Å². The Hall–Kier alpha value is -2.66. The van der Waals surface area contributed by atoms with Crippen LogP contribution in [0.15, 0.2) is 48.5 Å². The molecule has 2 aromatic rings. The average Bonchev–Trinajstić information content (AvgIpc) is 2.54. The zero-order valence-corrected chi connectivity index (χ0v) is 11.7. The largest absolute Gasteiger partial charge is 0.355 e. The number of hydrogen-bond acceptors (Lipinski definition) is 3. The summed E-state index contributed by atoms with van der Waals surface area (Å²) in [5.41, 5.74) is 7.94. The molecule has 4 N–H and O–H groups in total. The fraction of sp³-hybridized carbons (Fsp3) is 0.125. The first kappa shape index (κ1) is 14.7. The van der Waals surface area contributed by atoms with Crippen molar-refractivity contribution in [1.82, 2.24) is 5.32 Å². The molecule has 0 heterocycles. The van der Waals surface area contributed by atoms with Crippen LogP contribution in [0.5, 0.6) is 0 Å². The maximum atomic E-state index is 12.1. The van der Waals surface area contributed by atoms with Gasteiger partial charge in [0.05, 0.1) is 6.54 Å². The van der Waals surface area contributed by atoms with Crippen LogP contribution in [0.3, 0.4) is 0 Å². The van der Waals surface area contributed by atoms with E-state index in [1.54, 1.807) is 25.2 Å². The summed E-state index contributed by atoms with van der Waals surface area (Å²) in [5, 5.41) is 5.34. The molecule has 0 bridgehead atoms.